The molecule has 1 aromatic rings. The Labute approximate surface area is 105 Å². The second-order valence-corrected chi connectivity index (χ2v) is 5.01. The molecule has 2 rings (SSSR count). The highest BCUT2D eigenvalue weighted by Gasteiger charge is 2.25. The van der Waals surface area contributed by atoms with Crippen LogP contribution in [0.2, 0.25) is 0 Å². The third-order valence-corrected chi connectivity index (χ3v) is 3.88. The maximum absolute atomic E-state index is 6.44. The summed E-state index contributed by atoms with van der Waals surface area (Å²) in [6.07, 6.45) is 5.18. The van der Waals surface area contributed by atoms with Crippen molar-refractivity contribution in [3.8, 4) is 0 Å². The molecule has 94 valence electrons. The van der Waals surface area contributed by atoms with Gasteiger partial charge in [-0.15, -0.1) is 0 Å². The smallest absolute Gasteiger partial charge is 0.0453 e. The van der Waals surface area contributed by atoms with Crippen molar-refractivity contribution in [3.05, 3.63) is 35.9 Å². The first-order chi connectivity index (χ1) is 8.33. The van der Waals surface area contributed by atoms with Gasteiger partial charge in [0.15, 0.2) is 0 Å². The van der Waals surface area contributed by atoms with Crippen LogP contribution in [0, 0.1) is 0 Å². The quantitative estimate of drug-likeness (QED) is 0.865. The van der Waals surface area contributed by atoms with E-state index in [0.29, 0.717) is 6.04 Å². The molecule has 0 spiro atoms. The van der Waals surface area contributed by atoms with Gasteiger partial charge in [0.25, 0.3) is 0 Å². The van der Waals surface area contributed by atoms with Gasteiger partial charge in [0, 0.05) is 12.1 Å². The summed E-state index contributed by atoms with van der Waals surface area (Å²) < 4.78 is 0. The molecule has 1 heterocycles. The Bertz CT molecular complexity index is 317. The van der Waals surface area contributed by atoms with Crippen LogP contribution in [0.15, 0.2) is 30.3 Å². The van der Waals surface area contributed by atoms with E-state index in [-0.39, 0.29) is 6.04 Å². The zero-order chi connectivity index (χ0) is 12.1. The van der Waals surface area contributed by atoms with Crippen LogP contribution in [0.25, 0.3) is 0 Å². The van der Waals surface area contributed by atoms with E-state index in [9.17, 15) is 0 Å². The summed E-state index contributed by atoms with van der Waals surface area (Å²) in [5.41, 5.74) is 7.71. The molecule has 2 heteroatoms. The Morgan fingerprint density at radius 3 is 2.35 bits per heavy atom. The first kappa shape index (κ1) is 12.6. The molecule has 2 unspecified atom stereocenters. The van der Waals surface area contributed by atoms with Crippen molar-refractivity contribution >= 4 is 0 Å². The van der Waals surface area contributed by atoms with E-state index in [4.69, 9.17) is 5.73 Å². The molecule has 2 nitrogen and oxygen atoms in total. The minimum Gasteiger partial charge on any atom is -0.323 e. The zero-order valence-corrected chi connectivity index (χ0v) is 10.8. The Balaban J connectivity index is 2.06. The van der Waals surface area contributed by atoms with Crippen LogP contribution in [0.3, 0.4) is 0 Å². The Hall–Kier alpha value is -0.860. The van der Waals surface area contributed by atoms with E-state index < -0.39 is 0 Å². The number of nitrogens with zero attached hydrogens (tertiary/aromatic N) is 1. The number of rotatable bonds is 4. The second-order valence-electron chi connectivity index (χ2n) is 5.01. The summed E-state index contributed by atoms with van der Waals surface area (Å²) in [6.45, 7) is 4.69. The Morgan fingerprint density at radius 2 is 1.76 bits per heavy atom. The van der Waals surface area contributed by atoms with Crippen LogP contribution >= 0.6 is 0 Å². The van der Waals surface area contributed by atoms with E-state index in [1.54, 1.807) is 0 Å². The molecule has 1 aliphatic heterocycles. The lowest BCUT2D eigenvalue weighted by molar-refractivity contribution is 0.138. The monoisotopic (exact) mass is 232 g/mol. The van der Waals surface area contributed by atoms with Crippen molar-refractivity contribution in [3.63, 3.8) is 0 Å². The summed E-state index contributed by atoms with van der Waals surface area (Å²) in [5, 5.41) is 0. The molecule has 0 radical (unpaired) electrons. The van der Waals surface area contributed by atoms with Gasteiger partial charge in [-0.3, -0.25) is 4.90 Å². The number of nitrogens with two attached hydrogens (primary N) is 1. The van der Waals surface area contributed by atoms with Gasteiger partial charge in [-0.2, -0.15) is 0 Å². The summed E-state index contributed by atoms with van der Waals surface area (Å²) in [6, 6.07) is 11.2. The zero-order valence-electron chi connectivity index (χ0n) is 10.8. The largest absolute Gasteiger partial charge is 0.323 e. The van der Waals surface area contributed by atoms with Crippen LogP contribution in [0.5, 0.6) is 0 Å². The van der Waals surface area contributed by atoms with Crippen molar-refractivity contribution in [2.75, 3.05) is 13.1 Å². The molecule has 0 saturated carbocycles. The molecule has 2 N–H and O–H groups in total. The molecule has 1 aromatic carbocycles. The average Bonchev–Trinajstić information content (AvgIpc) is 2.42. The number of hydrogen-bond acceptors (Lipinski definition) is 2. The minimum atomic E-state index is 0.152. The number of benzene rings is 1. The summed E-state index contributed by atoms with van der Waals surface area (Å²) in [4.78, 5) is 2.58. The first-order valence-electron chi connectivity index (χ1n) is 6.87. The van der Waals surface area contributed by atoms with Crippen LogP contribution in [0.1, 0.15) is 44.2 Å². The lowest BCUT2D eigenvalue weighted by atomic mass is 9.95. The fraction of sp³-hybridized carbons (Fsp3) is 0.600. The van der Waals surface area contributed by atoms with Gasteiger partial charge in [0.1, 0.15) is 0 Å². The van der Waals surface area contributed by atoms with Crippen LogP contribution in [0.4, 0.5) is 0 Å². The van der Waals surface area contributed by atoms with Gasteiger partial charge < -0.3 is 5.73 Å². The van der Waals surface area contributed by atoms with Crippen LogP contribution < -0.4 is 5.73 Å². The van der Waals surface area contributed by atoms with Gasteiger partial charge in [0.2, 0.25) is 0 Å². The second kappa shape index (κ2) is 6.18. The fourth-order valence-electron chi connectivity index (χ4n) is 2.89. The third kappa shape index (κ3) is 3.08. The SMILES string of the molecule is CCC(C(N)c1ccccc1)N1CCCCC1. The molecule has 1 fully saturated rings. The average molecular weight is 232 g/mol. The van der Waals surface area contributed by atoms with E-state index in [1.807, 2.05) is 0 Å². The number of likely N-dealkylation sites (tertiary alicyclic amines) is 1. The summed E-state index contributed by atoms with van der Waals surface area (Å²) in [5.74, 6) is 0. The molecule has 17 heavy (non-hydrogen) atoms. The molecular formula is C15H24N2. The van der Waals surface area contributed by atoms with Crippen molar-refractivity contribution in [2.45, 2.75) is 44.7 Å². The maximum atomic E-state index is 6.44. The molecular weight excluding hydrogens is 208 g/mol. The highest BCUT2D eigenvalue weighted by Crippen LogP contribution is 2.24. The molecule has 1 aliphatic rings. The summed E-state index contributed by atoms with van der Waals surface area (Å²) in [7, 11) is 0. The maximum Gasteiger partial charge on any atom is 0.0453 e. The predicted octanol–water partition coefficient (Wildman–Crippen LogP) is 2.95. The molecule has 2 atom stereocenters. The highest BCUT2D eigenvalue weighted by molar-refractivity contribution is 5.20. The van der Waals surface area contributed by atoms with Crippen LogP contribution in [-0.2, 0) is 0 Å². The normalized spacial score (nSPS) is 21.1. The predicted molar refractivity (Wildman–Crippen MR) is 72.9 cm³/mol. The molecule has 1 saturated heterocycles. The number of hydrogen-bond donors (Lipinski definition) is 1. The van der Waals surface area contributed by atoms with Gasteiger partial charge in [0.05, 0.1) is 0 Å². The lowest BCUT2D eigenvalue weighted by Crippen LogP contribution is -2.45. The van der Waals surface area contributed by atoms with Crippen molar-refractivity contribution in [1.82, 2.24) is 4.90 Å². The molecule has 0 amide bonds. The first-order valence-corrected chi connectivity index (χ1v) is 6.87. The highest BCUT2D eigenvalue weighted by atomic mass is 15.2. The standard InChI is InChI=1S/C15H24N2/c1-2-14(17-11-7-4-8-12-17)15(16)13-9-5-3-6-10-13/h3,5-6,9-10,14-15H,2,4,7-8,11-12,16H2,1H3. The van der Waals surface area contributed by atoms with Gasteiger partial charge in [-0.1, -0.05) is 43.7 Å². The Morgan fingerprint density at radius 1 is 1.12 bits per heavy atom. The van der Waals surface area contributed by atoms with Crippen molar-refractivity contribution in [1.29, 1.82) is 0 Å². The topological polar surface area (TPSA) is 29.3 Å². The van der Waals surface area contributed by atoms with Crippen molar-refractivity contribution < 1.29 is 0 Å². The minimum absolute atomic E-state index is 0.152. The van der Waals surface area contributed by atoms with E-state index >= 15 is 0 Å². The van der Waals surface area contributed by atoms with E-state index in [2.05, 4.69) is 42.2 Å². The van der Waals surface area contributed by atoms with E-state index in [0.717, 1.165) is 6.42 Å². The lowest BCUT2D eigenvalue weighted by Gasteiger charge is -2.37. The third-order valence-electron chi connectivity index (χ3n) is 3.88. The molecule has 0 bridgehead atoms. The van der Waals surface area contributed by atoms with E-state index in [1.165, 1.54) is 37.9 Å². The Kier molecular flexibility index (Phi) is 4.57. The van der Waals surface area contributed by atoms with Crippen molar-refractivity contribution in [2.24, 2.45) is 5.73 Å². The summed E-state index contributed by atoms with van der Waals surface area (Å²) >= 11 is 0. The fourth-order valence-corrected chi connectivity index (χ4v) is 2.89. The molecule has 0 aromatic heterocycles. The van der Waals surface area contributed by atoms with Gasteiger partial charge in [-0.25, -0.2) is 0 Å². The number of piperidine rings is 1. The van der Waals surface area contributed by atoms with Gasteiger partial charge >= 0.3 is 0 Å². The van der Waals surface area contributed by atoms with Crippen LogP contribution in [-0.4, -0.2) is 24.0 Å². The molecule has 0 aliphatic carbocycles. The van der Waals surface area contributed by atoms with Gasteiger partial charge in [-0.05, 0) is 37.9 Å².